The number of carboxylic acid groups (broad SMARTS) is 1. The molecule has 7 N–H and O–H groups in total. The second-order valence-electron chi connectivity index (χ2n) is 13.6. The summed E-state index contributed by atoms with van der Waals surface area (Å²) in [4.78, 5) is 24.8. The van der Waals surface area contributed by atoms with Gasteiger partial charge in [0.25, 0.3) is 5.91 Å². The Kier molecular flexibility index (Phi) is 18.1. The van der Waals surface area contributed by atoms with Gasteiger partial charge in [-0.1, -0.05) is 64.2 Å². The van der Waals surface area contributed by atoms with Gasteiger partial charge in [-0.3, -0.25) is 20.3 Å². The summed E-state index contributed by atoms with van der Waals surface area (Å²) in [6.07, 6.45) is 16.7. The largest absolute Gasteiger partial charge is 0.481 e. The molecule has 1 amide bonds. The first-order chi connectivity index (χ1) is 21.3. The monoisotopic (exact) mass is 642 g/mol. The number of carbonyl (C=O) groups excluding carboxylic acids is 1. The summed E-state index contributed by atoms with van der Waals surface area (Å²) in [5.41, 5.74) is 2.19. The number of carboxylic acids is 1. The lowest BCUT2D eigenvalue weighted by Crippen LogP contribution is -2.39. The van der Waals surface area contributed by atoms with Gasteiger partial charge in [0.2, 0.25) is 5.91 Å². The number of aliphatic carboxylic acids is 1. The van der Waals surface area contributed by atoms with Crippen LogP contribution in [0.4, 0.5) is 0 Å². The predicted octanol–water partition coefficient (Wildman–Crippen LogP) is 3.69. The first-order valence-electron chi connectivity index (χ1n) is 17.3. The molecule has 0 aromatic heterocycles. The molecule has 0 aromatic rings. The Morgan fingerprint density at radius 2 is 1.36 bits per heavy atom. The number of hydrazine groups is 1. The van der Waals surface area contributed by atoms with Gasteiger partial charge < -0.3 is 30.3 Å². The smallest absolute Gasteiger partial charge is 0.303 e. The summed E-state index contributed by atoms with van der Waals surface area (Å²) < 4.78 is 5.90. The highest BCUT2D eigenvalue weighted by molar-refractivity contribution is 5.75. The molecular weight excluding hydrogens is 580 g/mol. The van der Waals surface area contributed by atoms with Crippen LogP contribution in [0.5, 0.6) is 0 Å². The molecule has 12 nitrogen and oxygen atoms in total. The molecule has 0 spiro atoms. The molecule has 2 aliphatic heterocycles. The van der Waals surface area contributed by atoms with Gasteiger partial charge in [-0.15, -0.1) is 0 Å². The number of nitrogens with one attached hydrogen (secondary N) is 2. The Balaban J connectivity index is 1.55. The lowest BCUT2D eigenvalue weighted by atomic mass is 10.0. The van der Waals surface area contributed by atoms with Crippen molar-refractivity contribution in [1.29, 1.82) is 0 Å². The topological polar surface area (TPSA) is 175 Å². The molecule has 0 aromatic carbocycles. The molecule has 0 aliphatic carbocycles. The Hall–Kier alpha value is -1.64. The maximum absolute atomic E-state index is 12.7. The van der Waals surface area contributed by atoms with Crippen LogP contribution in [0, 0.1) is 0 Å². The number of hydrogen-bond acceptors (Lipinski definition) is 10. The average Bonchev–Trinajstić information content (AvgIpc) is 3.32. The van der Waals surface area contributed by atoms with Gasteiger partial charge >= 0.3 is 5.97 Å². The van der Waals surface area contributed by atoms with Crippen molar-refractivity contribution in [1.82, 2.24) is 20.7 Å². The minimum atomic E-state index is -1.61. The van der Waals surface area contributed by atoms with E-state index in [-0.39, 0.29) is 12.3 Å². The van der Waals surface area contributed by atoms with E-state index >= 15 is 0 Å². The Morgan fingerprint density at radius 3 is 1.87 bits per heavy atom. The minimum Gasteiger partial charge on any atom is -0.481 e. The number of aliphatic hydroxyl groups excluding tert-OH is 3. The van der Waals surface area contributed by atoms with E-state index in [2.05, 4.69) is 10.7 Å². The number of ether oxygens (including phenoxy) is 1. The van der Waals surface area contributed by atoms with E-state index in [4.69, 9.17) is 9.84 Å². The number of aliphatic hydroxyl groups is 4. The van der Waals surface area contributed by atoms with E-state index in [9.17, 15) is 30.0 Å². The highest BCUT2D eigenvalue weighted by Crippen LogP contribution is 2.43. The lowest BCUT2D eigenvalue weighted by Gasteiger charge is -2.24. The molecule has 6 unspecified atom stereocenters. The summed E-state index contributed by atoms with van der Waals surface area (Å²) >= 11 is 0. The highest BCUT2D eigenvalue weighted by Gasteiger charge is 2.66. The quantitative estimate of drug-likeness (QED) is 0.0317. The average molecular weight is 643 g/mol. The number of hydrogen-bond donors (Lipinski definition) is 7. The van der Waals surface area contributed by atoms with Crippen LogP contribution in [0.2, 0.25) is 0 Å². The fourth-order valence-electron chi connectivity index (χ4n) is 5.83. The zero-order valence-corrected chi connectivity index (χ0v) is 28.0. The van der Waals surface area contributed by atoms with Crippen LogP contribution in [0.25, 0.3) is 0 Å². The van der Waals surface area contributed by atoms with Crippen molar-refractivity contribution in [3.63, 3.8) is 0 Å². The third-order valence-electron chi connectivity index (χ3n) is 8.34. The van der Waals surface area contributed by atoms with E-state index in [0.29, 0.717) is 32.4 Å². The molecule has 0 radical (unpaired) electrons. The summed E-state index contributed by atoms with van der Waals surface area (Å²) in [7, 11) is 0. The number of carbonyl (C=O) groups is 2. The van der Waals surface area contributed by atoms with Crippen molar-refractivity contribution in [2.75, 3.05) is 13.1 Å². The Morgan fingerprint density at radius 1 is 0.844 bits per heavy atom. The second kappa shape index (κ2) is 20.6. The van der Waals surface area contributed by atoms with Crippen molar-refractivity contribution in [3.05, 3.63) is 12.2 Å². The summed E-state index contributed by atoms with van der Waals surface area (Å²) in [6, 6.07) is -0.465. The third-order valence-corrected chi connectivity index (χ3v) is 8.34. The van der Waals surface area contributed by atoms with E-state index in [1.165, 1.54) is 37.1 Å². The van der Waals surface area contributed by atoms with Crippen molar-refractivity contribution in [2.45, 2.75) is 173 Å². The Labute approximate surface area is 270 Å². The van der Waals surface area contributed by atoms with Gasteiger partial charge in [-0.2, -0.15) is 5.01 Å². The number of unbranched alkanes of at least 4 members (excludes halogenated alkanes) is 12. The van der Waals surface area contributed by atoms with Crippen molar-refractivity contribution in [2.24, 2.45) is 0 Å². The zero-order valence-electron chi connectivity index (χ0n) is 28.0. The summed E-state index contributed by atoms with van der Waals surface area (Å²) in [6.45, 7) is 6.65. The molecule has 45 heavy (non-hydrogen) atoms. The molecule has 12 heteroatoms. The van der Waals surface area contributed by atoms with Gasteiger partial charge in [0.05, 0.1) is 5.60 Å². The SMILES string of the molecule is CC(C)(C)OC1(O)C(CCC(O)NCCCCN2C(O)C=CC2O)N1NC(=O)CCCCCCCCCCCCCCC(=O)O. The molecule has 2 rings (SSSR count). The molecule has 1 saturated heterocycles. The van der Waals surface area contributed by atoms with Gasteiger partial charge in [-0.25, -0.2) is 4.90 Å². The molecule has 2 aliphatic rings. The van der Waals surface area contributed by atoms with Crippen molar-refractivity contribution >= 4 is 11.9 Å². The maximum atomic E-state index is 12.7. The molecule has 6 atom stereocenters. The third kappa shape index (κ3) is 16.2. The van der Waals surface area contributed by atoms with Crippen LogP contribution in [0.15, 0.2) is 12.2 Å². The highest BCUT2D eigenvalue weighted by atomic mass is 16.7. The molecule has 262 valence electrons. The summed E-state index contributed by atoms with van der Waals surface area (Å²) in [5.74, 6) is -2.47. The van der Waals surface area contributed by atoms with Gasteiger partial charge in [-0.05, 0) is 78.0 Å². The van der Waals surface area contributed by atoms with Crippen LogP contribution in [0.3, 0.4) is 0 Å². The van der Waals surface area contributed by atoms with Gasteiger partial charge in [0.15, 0.2) is 0 Å². The molecule has 1 fully saturated rings. The van der Waals surface area contributed by atoms with E-state index in [1.54, 1.807) is 17.1 Å². The van der Waals surface area contributed by atoms with E-state index in [1.807, 2.05) is 20.8 Å². The maximum Gasteiger partial charge on any atom is 0.303 e. The first-order valence-corrected chi connectivity index (χ1v) is 17.3. The molecule has 0 bridgehead atoms. The van der Waals surface area contributed by atoms with Gasteiger partial charge in [0, 0.05) is 19.4 Å². The van der Waals surface area contributed by atoms with Crippen LogP contribution in [0.1, 0.15) is 136 Å². The van der Waals surface area contributed by atoms with Crippen molar-refractivity contribution in [3.8, 4) is 0 Å². The number of amides is 1. The fourth-order valence-corrected chi connectivity index (χ4v) is 5.83. The number of rotatable bonds is 26. The van der Waals surface area contributed by atoms with Crippen LogP contribution < -0.4 is 10.7 Å². The first kappa shape index (κ1) is 39.5. The standard InChI is InChI=1S/C33H62N4O8/c1-32(2,3)45-33(44)26(20-21-27(38)34-24-16-17-25-36-29(40)22-23-30(36)41)37(33)35-28(39)18-14-12-10-8-6-4-5-7-9-11-13-15-19-31(42)43/h22-23,26-27,29-30,34,38,40-41,44H,4-21,24-25H2,1-3H3,(H,35,39)(H,42,43). The minimum absolute atomic E-state index is 0.154. The van der Waals surface area contributed by atoms with Crippen LogP contribution in [-0.2, 0) is 14.3 Å². The van der Waals surface area contributed by atoms with Gasteiger partial charge in [0.1, 0.15) is 24.7 Å². The predicted molar refractivity (Wildman–Crippen MR) is 172 cm³/mol. The fraction of sp³-hybridized carbons (Fsp3) is 0.879. The molecule has 2 heterocycles. The number of nitrogens with zero attached hydrogens (tertiary/aromatic N) is 2. The molecule has 0 saturated carbocycles. The van der Waals surface area contributed by atoms with Crippen LogP contribution in [-0.4, -0.2) is 96.6 Å². The van der Waals surface area contributed by atoms with E-state index < -0.39 is 42.2 Å². The van der Waals surface area contributed by atoms with E-state index in [0.717, 1.165) is 57.8 Å². The van der Waals surface area contributed by atoms with Crippen LogP contribution >= 0.6 is 0 Å². The zero-order chi connectivity index (χ0) is 33.3. The summed E-state index contributed by atoms with van der Waals surface area (Å²) in [5, 5.41) is 54.4. The molecular formula is C33H62N4O8. The van der Waals surface area contributed by atoms with Crippen molar-refractivity contribution < 1.29 is 39.9 Å². The lowest BCUT2D eigenvalue weighted by molar-refractivity contribution is -0.224. The normalized spacial score (nSPS) is 25.5. The second-order valence-corrected chi connectivity index (χ2v) is 13.6. The Bertz CT molecular complexity index is 873.